The number of fused-ring (bicyclic) bond motifs is 3. The Morgan fingerprint density at radius 1 is 1.32 bits per heavy atom. The average Bonchev–Trinajstić information content (AvgIpc) is 3.18. The van der Waals surface area contributed by atoms with Crippen LogP contribution in [0.15, 0.2) is 11.1 Å². The molecule has 2 aromatic heterocycles. The highest BCUT2D eigenvalue weighted by Crippen LogP contribution is 2.34. The van der Waals surface area contributed by atoms with Crippen molar-refractivity contribution >= 4 is 27.5 Å². The minimum Gasteiger partial charge on any atom is -0.341 e. The summed E-state index contributed by atoms with van der Waals surface area (Å²) < 4.78 is 1.50. The molecule has 2 aliphatic rings. The van der Waals surface area contributed by atoms with Crippen molar-refractivity contribution in [3.8, 4) is 0 Å². The number of carbonyl (C=O) groups excluding carboxylic acids is 1. The maximum Gasteiger partial charge on any atom is 0.262 e. The zero-order valence-electron chi connectivity index (χ0n) is 15.0. The number of thiophene rings is 1. The van der Waals surface area contributed by atoms with E-state index < -0.39 is 0 Å². The molecule has 1 saturated carbocycles. The zero-order chi connectivity index (χ0) is 17.6. The molecule has 0 aromatic carbocycles. The van der Waals surface area contributed by atoms with Crippen molar-refractivity contribution in [3.63, 3.8) is 0 Å². The number of rotatable bonds is 3. The number of hydrogen-bond acceptors (Lipinski definition) is 4. The van der Waals surface area contributed by atoms with Crippen molar-refractivity contribution in [1.82, 2.24) is 14.5 Å². The molecule has 2 aliphatic carbocycles. The van der Waals surface area contributed by atoms with Gasteiger partial charge in [-0.25, -0.2) is 4.98 Å². The van der Waals surface area contributed by atoms with Gasteiger partial charge < -0.3 is 4.90 Å². The van der Waals surface area contributed by atoms with Crippen LogP contribution in [0, 0.1) is 5.92 Å². The number of hydrogen-bond donors (Lipinski definition) is 0. The number of aryl methyl sites for hydroxylation is 2. The van der Waals surface area contributed by atoms with Crippen LogP contribution in [0.4, 0.5) is 0 Å². The lowest BCUT2D eigenvalue weighted by Crippen LogP contribution is -2.42. The number of aromatic nitrogens is 2. The highest BCUT2D eigenvalue weighted by Gasteiger charge is 2.26. The number of likely N-dealkylation sites (N-methyl/N-ethyl adjacent to an activating group) is 1. The smallest absolute Gasteiger partial charge is 0.262 e. The monoisotopic (exact) mass is 359 g/mol. The fourth-order valence-electron chi connectivity index (χ4n) is 4.22. The van der Waals surface area contributed by atoms with E-state index in [2.05, 4.69) is 11.9 Å². The predicted octanol–water partition coefficient (Wildman–Crippen LogP) is 2.98. The summed E-state index contributed by atoms with van der Waals surface area (Å²) in [5.74, 6) is 0.768. The Labute approximate surface area is 151 Å². The first-order valence-corrected chi connectivity index (χ1v) is 10.1. The standard InChI is InChI=1S/C19H25N3O2S/c1-12-6-8-13(9-7-12)21(2)16(23)10-22-11-20-18-17(19(22)24)14-4-3-5-15(14)25-18/h11-13H,3-10H2,1-2H3. The molecule has 0 spiro atoms. The van der Waals surface area contributed by atoms with Gasteiger partial charge in [0, 0.05) is 18.0 Å². The van der Waals surface area contributed by atoms with Crippen LogP contribution in [0.25, 0.3) is 10.2 Å². The summed E-state index contributed by atoms with van der Waals surface area (Å²) in [6.07, 6.45) is 9.16. The molecule has 0 atom stereocenters. The van der Waals surface area contributed by atoms with Gasteiger partial charge in [-0.15, -0.1) is 11.3 Å². The fraction of sp³-hybridized carbons (Fsp3) is 0.632. The Hall–Kier alpha value is -1.69. The summed E-state index contributed by atoms with van der Waals surface area (Å²) in [6, 6.07) is 0.307. The topological polar surface area (TPSA) is 55.2 Å². The Morgan fingerprint density at radius 2 is 2.08 bits per heavy atom. The number of carbonyl (C=O) groups is 1. The lowest BCUT2D eigenvalue weighted by Gasteiger charge is -2.33. The molecule has 0 N–H and O–H groups in total. The summed E-state index contributed by atoms with van der Waals surface area (Å²) in [5, 5.41) is 0.752. The first kappa shape index (κ1) is 16.8. The Morgan fingerprint density at radius 3 is 2.84 bits per heavy atom. The third kappa shape index (κ3) is 3.01. The molecular weight excluding hydrogens is 334 g/mol. The second-order valence-electron chi connectivity index (χ2n) is 7.63. The lowest BCUT2D eigenvalue weighted by molar-refractivity contribution is -0.133. The van der Waals surface area contributed by atoms with Crippen molar-refractivity contribution in [2.75, 3.05) is 7.05 Å². The SMILES string of the molecule is CC1CCC(N(C)C(=O)Cn2cnc3sc4c(c3c2=O)CCC4)CC1. The van der Waals surface area contributed by atoms with E-state index in [0.29, 0.717) is 6.04 Å². The van der Waals surface area contributed by atoms with E-state index >= 15 is 0 Å². The maximum absolute atomic E-state index is 12.9. The van der Waals surface area contributed by atoms with Gasteiger partial charge in [-0.3, -0.25) is 14.2 Å². The van der Waals surface area contributed by atoms with Gasteiger partial charge in [0.2, 0.25) is 5.91 Å². The van der Waals surface area contributed by atoms with Crippen molar-refractivity contribution in [1.29, 1.82) is 0 Å². The van der Waals surface area contributed by atoms with Crippen LogP contribution in [0.2, 0.25) is 0 Å². The molecule has 0 radical (unpaired) electrons. The van der Waals surface area contributed by atoms with Crippen molar-refractivity contribution < 1.29 is 4.79 Å². The van der Waals surface area contributed by atoms with Crippen molar-refractivity contribution in [3.05, 3.63) is 27.1 Å². The van der Waals surface area contributed by atoms with E-state index in [0.717, 1.165) is 48.2 Å². The van der Waals surface area contributed by atoms with E-state index in [1.54, 1.807) is 17.7 Å². The van der Waals surface area contributed by atoms with Crippen LogP contribution in [0.5, 0.6) is 0 Å². The highest BCUT2D eigenvalue weighted by atomic mass is 32.1. The third-order valence-electron chi connectivity index (χ3n) is 5.92. The van der Waals surface area contributed by atoms with Gasteiger partial charge in [0.15, 0.2) is 0 Å². The summed E-state index contributed by atoms with van der Waals surface area (Å²) in [5.41, 5.74) is 1.12. The predicted molar refractivity (Wildman–Crippen MR) is 100 cm³/mol. The van der Waals surface area contributed by atoms with Crippen LogP contribution in [0.3, 0.4) is 0 Å². The first-order chi connectivity index (χ1) is 12.0. The van der Waals surface area contributed by atoms with Gasteiger partial charge >= 0.3 is 0 Å². The van der Waals surface area contributed by atoms with Crippen LogP contribution in [-0.4, -0.2) is 33.4 Å². The Balaban J connectivity index is 1.55. The molecule has 0 bridgehead atoms. The summed E-state index contributed by atoms with van der Waals surface area (Å²) in [6.45, 7) is 2.37. The van der Waals surface area contributed by atoms with Gasteiger partial charge in [0.05, 0.1) is 11.7 Å². The molecule has 0 saturated heterocycles. The largest absolute Gasteiger partial charge is 0.341 e. The van der Waals surface area contributed by atoms with E-state index in [1.807, 2.05) is 11.9 Å². The van der Waals surface area contributed by atoms with E-state index in [-0.39, 0.29) is 18.0 Å². The van der Waals surface area contributed by atoms with Crippen molar-refractivity contribution in [2.45, 2.75) is 64.5 Å². The minimum absolute atomic E-state index is 0.00896. The molecule has 134 valence electrons. The molecular formula is C19H25N3O2S. The fourth-order valence-corrected chi connectivity index (χ4v) is 5.44. The highest BCUT2D eigenvalue weighted by molar-refractivity contribution is 7.18. The van der Waals surface area contributed by atoms with E-state index in [1.165, 1.54) is 27.8 Å². The Kier molecular flexibility index (Phi) is 4.40. The first-order valence-electron chi connectivity index (χ1n) is 9.30. The lowest BCUT2D eigenvalue weighted by atomic mass is 9.87. The molecule has 2 aromatic rings. The normalized spacial score (nSPS) is 23.0. The van der Waals surface area contributed by atoms with Gasteiger partial charge in [0.25, 0.3) is 5.56 Å². The summed E-state index contributed by atoms with van der Waals surface area (Å²) in [7, 11) is 1.88. The number of amides is 1. The average molecular weight is 359 g/mol. The minimum atomic E-state index is -0.0524. The van der Waals surface area contributed by atoms with Crippen molar-refractivity contribution in [2.24, 2.45) is 5.92 Å². The van der Waals surface area contributed by atoms with E-state index in [9.17, 15) is 9.59 Å². The molecule has 1 amide bonds. The Bertz CT molecular complexity index is 861. The van der Waals surface area contributed by atoms with Gasteiger partial charge in [-0.1, -0.05) is 6.92 Å². The second kappa shape index (κ2) is 6.56. The quantitative estimate of drug-likeness (QED) is 0.846. The summed E-state index contributed by atoms with van der Waals surface area (Å²) >= 11 is 1.64. The van der Waals surface area contributed by atoms with Gasteiger partial charge in [-0.2, -0.15) is 0 Å². The second-order valence-corrected chi connectivity index (χ2v) is 8.72. The van der Waals surface area contributed by atoms with Crippen LogP contribution in [0.1, 0.15) is 49.5 Å². The molecule has 6 heteroatoms. The molecule has 2 heterocycles. The van der Waals surface area contributed by atoms with Gasteiger partial charge in [-0.05, 0) is 56.4 Å². The number of nitrogens with zero attached hydrogens (tertiary/aromatic N) is 3. The maximum atomic E-state index is 12.9. The molecule has 5 nitrogen and oxygen atoms in total. The molecule has 0 aliphatic heterocycles. The van der Waals surface area contributed by atoms with Crippen LogP contribution < -0.4 is 5.56 Å². The molecule has 25 heavy (non-hydrogen) atoms. The molecule has 4 rings (SSSR count). The molecule has 0 unspecified atom stereocenters. The summed E-state index contributed by atoms with van der Waals surface area (Å²) in [4.78, 5) is 34.0. The van der Waals surface area contributed by atoms with E-state index in [4.69, 9.17) is 0 Å². The third-order valence-corrected chi connectivity index (χ3v) is 7.12. The van der Waals surface area contributed by atoms with Crippen LogP contribution in [-0.2, 0) is 24.2 Å². The van der Waals surface area contributed by atoms with Crippen LogP contribution >= 0.6 is 11.3 Å². The molecule has 1 fully saturated rings. The zero-order valence-corrected chi connectivity index (χ0v) is 15.8. The van der Waals surface area contributed by atoms with Gasteiger partial charge in [0.1, 0.15) is 11.4 Å².